The fraction of sp³-hybridized carbons (Fsp3) is 0.190. The van der Waals surface area contributed by atoms with Crippen LogP contribution in [0.2, 0.25) is 0 Å². The van der Waals surface area contributed by atoms with Gasteiger partial charge >= 0.3 is 18.3 Å². The number of carbonyl (C=O) groups excluding carboxylic acids is 1. The zero-order valence-corrected chi connectivity index (χ0v) is 19.0. The van der Waals surface area contributed by atoms with Crippen LogP contribution in [-0.4, -0.2) is 21.5 Å². The van der Waals surface area contributed by atoms with Gasteiger partial charge in [0.1, 0.15) is 4.88 Å². The highest BCUT2D eigenvalue weighted by atomic mass is 32.2. The number of thiophene rings is 1. The van der Waals surface area contributed by atoms with E-state index in [1.54, 1.807) is 6.92 Å². The SMILES string of the molecule is COC(=O)c1sc(-c2cc(C(F)(F)F)cc(C(F)(F)F)c2)cc1NS(=O)(=O)c1ccc(C)cc1. The van der Waals surface area contributed by atoms with Crippen molar-refractivity contribution in [2.75, 3.05) is 11.8 Å². The number of nitrogens with one attached hydrogen (secondary N) is 1. The van der Waals surface area contributed by atoms with E-state index in [1.807, 2.05) is 0 Å². The number of hydrogen-bond acceptors (Lipinski definition) is 5. The average Bonchev–Trinajstić information content (AvgIpc) is 3.15. The van der Waals surface area contributed by atoms with Crippen LogP contribution in [0.3, 0.4) is 0 Å². The van der Waals surface area contributed by atoms with Crippen molar-refractivity contribution in [1.29, 1.82) is 0 Å². The van der Waals surface area contributed by atoms with Crippen LogP contribution in [0, 0.1) is 6.92 Å². The molecule has 0 aliphatic carbocycles. The quantitative estimate of drug-likeness (QED) is 0.313. The average molecular weight is 523 g/mol. The number of hydrogen-bond donors (Lipinski definition) is 1. The molecule has 13 heteroatoms. The van der Waals surface area contributed by atoms with Crippen LogP contribution < -0.4 is 4.72 Å². The Morgan fingerprint density at radius 3 is 1.91 bits per heavy atom. The van der Waals surface area contributed by atoms with Gasteiger partial charge in [-0.1, -0.05) is 17.7 Å². The van der Waals surface area contributed by atoms with E-state index in [2.05, 4.69) is 9.46 Å². The topological polar surface area (TPSA) is 72.5 Å². The summed E-state index contributed by atoms with van der Waals surface area (Å²) in [7, 11) is -3.25. The molecule has 0 aliphatic rings. The lowest BCUT2D eigenvalue weighted by atomic mass is 10.0. The summed E-state index contributed by atoms with van der Waals surface area (Å²) < 4.78 is 112. The number of halogens is 6. The number of alkyl halides is 6. The van der Waals surface area contributed by atoms with E-state index in [0.717, 1.165) is 18.7 Å². The first-order valence-electron chi connectivity index (χ1n) is 9.23. The summed E-state index contributed by atoms with van der Waals surface area (Å²) in [5, 5.41) is 0. The van der Waals surface area contributed by atoms with Crippen molar-refractivity contribution in [3.8, 4) is 10.4 Å². The van der Waals surface area contributed by atoms with Crippen LogP contribution in [-0.2, 0) is 27.1 Å². The van der Waals surface area contributed by atoms with E-state index in [9.17, 15) is 39.6 Å². The first-order chi connectivity index (χ1) is 15.6. The number of rotatable bonds is 5. The van der Waals surface area contributed by atoms with Gasteiger partial charge in [0.25, 0.3) is 10.0 Å². The molecule has 0 fully saturated rings. The maximum atomic E-state index is 13.2. The second kappa shape index (κ2) is 8.95. The van der Waals surface area contributed by atoms with Gasteiger partial charge in [0.15, 0.2) is 0 Å². The van der Waals surface area contributed by atoms with E-state index in [0.29, 0.717) is 23.5 Å². The zero-order chi connectivity index (χ0) is 25.5. The van der Waals surface area contributed by atoms with Crippen molar-refractivity contribution in [3.63, 3.8) is 0 Å². The molecule has 0 aliphatic heterocycles. The summed E-state index contributed by atoms with van der Waals surface area (Å²) in [6, 6.07) is 7.57. The van der Waals surface area contributed by atoms with Gasteiger partial charge in [-0.2, -0.15) is 26.3 Å². The lowest BCUT2D eigenvalue weighted by Gasteiger charge is -2.13. The van der Waals surface area contributed by atoms with E-state index in [4.69, 9.17) is 0 Å². The van der Waals surface area contributed by atoms with Gasteiger partial charge < -0.3 is 4.74 Å². The van der Waals surface area contributed by atoms with E-state index in [1.165, 1.54) is 24.3 Å². The zero-order valence-electron chi connectivity index (χ0n) is 17.3. The first kappa shape index (κ1) is 25.6. The van der Waals surface area contributed by atoms with Crippen LogP contribution in [0.5, 0.6) is 0 Å². The molecule has 2 aromatic carbocycles. The fourth-order valence-electron chi connectivity index (χ4n) is 2.87. The number of aryl methyl sites for hydroxylation is 1. The van der Waals surface area contributed by atoms with Gasteiger partial charge in [0, 0.05) is 4.88 Å². The van der Waals surface area contributed by atoms with Crippen LogP contribution in [0.15, 0.2) is 53.4 Å². The molecule has 5 nitrogen and oxygen atoms in total. The number of esters is 1. The van der Waals surface area contributed by atoms with Crippen molar-refractivity contribution in [2.24, 2.45) is 0 Å². The van der Waals surface area contributed by atoms with Crippen LogP contribution in [0.1, 0.15) is 26.4 Å². The van der Waals surface area contributed by atoms with Crippen LogP contribution in [0.4, 0.5) is 32.0 Å². The third kappa shape index (κ3) is 5.53. The summed E-state index contributed by atoms with van der Waals surface area (Å²) in [6.07, 6.45) is -10.2. The minimum atomic E-state index is -5.08. The number of ether oxygens (including phenoxy) is 1. The Hall–Kier alpha value is -3.06. The second-order valence-corrected chi connectivity index (χ2v) is 9.79. The monoisotopic (exact) mass is 523 g/mol. The number of sulfonamides is 1. The molecule has 0 radical (unpaired) electrons. The van der Waals surface area contributed by atoms with Crippen molar-refractivity contribution >= 4 is 33.0 Å². The summed E-state index contributed by atoms with van der Waals surface area (Å²) >= 11 is 0.486. The third-order valence-electron chi connectivity index (χ3n) is 4.55. The van der Waals surface area contributed by atoms with Crippen molar-refractivity contribution in [1.82, 2.24) is 0 Å². The maximum absolute atomic E-state index is 13.2. The van der Waals surface area contributed by atoms with Crippen LogP contribution >= 0.6 is 11.3 Å². The summed E-state index contributed by atoms with van der Waals surface area (Å²) in [5.74, 6) is -1.03. The van der Waals surface area contributed by atoms with E-state index < -0.39 is 45.0 Å². The molecule has 3 aromatic rings. The van der Waals surface area contributed by atoms with Gasteiger partial charge in [0.05, 0.1) is 28.8 Å². The molecule has 1 N–H and O–H groups in total. The highest BCUT2D eigenvalue weighted by Crippen LogP contribution is 2.42. The highest BCUT2D eigenvalue weighted by molar-refractivity contribution is 7.92. The molecule has 0 saturated carbocycles. The molecule has 0 atom stereocenters. The Labute approximate surface area is 194 Å². The third-order valence-corrected chi connectivity index (χ3v) is 7.10. The van der Waals surface area contributed by atoms with Gasteiger partial charge in [-0.15, -0.1) is 11.3 Å². The minimum Gasteiger partial charge on any atom is -0.465 e. The van der Waals surface area contributed by atoms with Gasteiger partial charge in [-0.25, -0.2) is 13.2 Å². The molecule has 0 bridgehead atoms. The number of benzene rings is 2. The summed E-state index contributed by atoms with van der Waals surface area (Å²) in [6.45, 7) is 1.73. The number of carbonyl (C=O) groups is 1. The molecule has 182 valence electrons. The number of methoxy groups -OCH3 is 1. The predicted octanol–water partition coefficient (Wildman–Crippen LogP) is 6.35. The Bertz CT molecular complexity index is 1290. The maximum Gasteiger partial charge on any atom is 0.416 e. The molecular weight excluding hydrogens is 508 g/mol. The molecule has 1 heterocycles. The lowest BCUT2D eigenvalue weighted by molar-refractivity contribution is -0.143. The standard InChI is InChI=1S/C21H15F6NO4S2/c1-11-3-5-15(6-4-11)34(30,31)28-16-10-17(33-18(16)19(29)32-2)12-7-13(20(22,23)24)9-14(8-12)21(25,26)27/h3-10,28H,1-2H3. The smallest absolute Gasteiger partial charge is 0.416 e. The van der Waals surface area contributed by atoms with E-state index >= 15 is 0 Å². The summed E-state index contributed by atoms with van der Waals surface area (Å²) in [4.78, 5) is 11.5. The fourth-order valence-corrected chi connectivity index (χ4v) is 5.02. The van der Waals surface area contributed by atoms with Gasteiger partial charge in [-0.05, 0) is 48.9 Å². The molecule has 1 aromatic heterocycles. The highest BCUT2D eigenvalue weighted by Gasteiger charge is 2.37. The molecular formula is C21H15F6NO4S2. The lowest BCUT2D eigenvalue weighted by Crippen LogP contribution is -2.14. The van der Waals surface area contributed by atoms with Crippen molar-refractivity contribution in [2.45, 2.75) is 24.2 Å². The first-order valence-corrected chi connectivity index (χ1v) is 11.5. The van der Waals surface area contributed by atoms with Crippen molar-refractivity contribution in [3.05, 3.63) is 70.1 Å². The Morgan fingerprint density at radius 2 is 1.44 bits per heavy atom. The largest absolute Gasteiger partial charge is 0.465 e. The molecule has 3 rings (SSSR count). The molecule has 0 spiro atoms. The van der Waals surface area contributed by atoms with E-state index in [-0.39, 0.29) is 26.4 Å². The summed E-state index contributed by atoms with van der Waals surface area (Å²) in [5.41, 5.74) is -3.17. The Kier molecular flexibility index (Phi) is 6.73. The van der Waals surface area contributed by atoms with Crippen LogP contribution in [0.25, 0.3) is 10.4 Å². The number of anilines is 1. The van der Waals surface area contributed by atoms with Crippen molar-refractivity contribution < 1.29 is 44.3 Å². The molecule has 34 heavy (non-hydrogen) atoms. The Balaban J connectivity index is 2.15. The molecule has 0 saturated heterocycles. The predicted molar refractivity (Wildman–Crippen MR) is 113 cm³/mol. The molecule has 0 amide bonds. The normalized spacial score (nSPS) is 12.5. The van der Waals surface area contributed by atoms with Gasteiger partial charge in [-0.3, -0.25) is 4.72 Å². The Morgan fingerprint density at radius 1 is 0.912 bits per heavy atom. The molecule has 0 unspecified atom stereocenters. The minimum absolute atomic E-state index is 0.0284. The van der Waals surface area contributed by atoms with Gasteiger partial charge in [0.2, 0.25) is 0 Å². The second-order valence-electron chi connectivity index (χ2n) is 7.06.